The van der Waals surface area contributed by atoms with Crippen LogP contribution in [0.5, 0.6) is 11.5 Å². The van der Waals surface area contributed by atoms with Gasteiger partial charge in [0.25, 0.3) is 0 Å². The van der Waals surface area contributed by atoms with E-state index in [4.69, 9.17) is 9.47 Å². The zero-order valence-corrected chi connectivity index (χ0v) is 21.3. The van der Waals surface area contributed by atoms with Crippen LogP contribution in [0.2, 0.25) is 0 Å². The van der Waals surface area contributed by atoms with E-state index in [1.807, 2.05) is 66.1 Å². The van der Waals surface area contributed by atoms with Crippen molar-refractivity contribution in [2.24, 2.45) is 0 Å². The lowest BCUT2D eigenvalue weighted by atomic mass is 10.3. The number of thioether (sulfide) groups is 1. The van der Waals surface area contributed by atoms with E-state index in [0.29, 0.717) is 27.0 Å². The maximum Gasteiger partial charge on any atom is 0.234 e. The van der Waals surface area contributed by atoms with E-state index in [0.717, 1.165) is 5.69 Å². The molecule has 1 amide bonds. The third-order valence-corrected chi connectivity index (χ3v) is 6.37. The number of nitrogens with zero attached hydrogens (tertiary/aromatic N) is 3. The number of rotatable bonds is 9. The van der Waals surface area contributed by atoms with Crippen molar-refractivity contribution < 1.29 is 18.7 Å². The van der Waals surface area contributed by atoms with Crippen molar-refractivity contribution in [3.05, 3.63) is 88.9 Å². The third-order valence-electron chi connectivity index (χ3n) is 4.95. The summed E-state index contributed by atoms with van der Waals surface area (Å²) in [4.78, 5) is 12.5. The molecule has 0 aliphatic heterocycles. The molecule has 35 heavy (non-hydrogen) atoms. The normalized spacial score (nSPS) is 11.7. The van der Waals surface area contributed by atoms with E-state index >= 15 is 0 Å². The summed E-state index contributed by atoms with van der Waals surface area (Å²) in [6.07, 6.45) is -0.473. The highest BCUT2D eigenvalue weighted by Gasteiger charge is 2.22. The van der Waals surface area contributed by atoms with E-state index in [2.05, 4.69) is 31.4 Å². The molecule has 7 nitrogen and oxygen atoms in total. The molecule has 0 fully saturated rings. The van der Waals surface area contributed by atoms with Crippen molar-refractivity contribution in [1.82, 2.24) is 14.8 Å². The van der Waals surface area contributed by atoms with Gasteiger partial charge in [-0.25, -0.2) is 4.39 Å². The van der Waals surface area contributed by atoms with Crippen molar-refractivity contribution in [2.45, 2.75) is 18.2 Å². The Morgan fingerprint density at radius 2 is 1.80 bits per heavy atom. The number of para-hydroxylation sites is 3. The number of aromatic nitrogens is 3. The molecule has 1 N–H and O–H groups in total. The second kappa shape index (κ2) is 11.4. The van der Waals surface area contributed by atoms with E-state index < -0.39 is 11.9 Å². The van der Waals surface area contributed by atoms with Gasteiger partial charge >= 0.3 is 0 Å². The Balaban J connectivity index is 1.55. The molecule has 1 atom stereocenters. The Bertz CT molecular complexity index is 1320. The van der Waals surface area contributed by atoms with E-state index in [1.165, 1.54) is 23.9 Å². The maximum atomic E-state index is 14.1. The van der Waals surface area contributed by atoms with Crippen LogP contribution in [0.3, 0.4) is 0 Å². The second-order valence-electron chi connectivity index (χ2n) is 7.38. The number of benzene rings is 3. The van der Waals surface area contributed by atoms with E-state index in [9.17, 15) is 9.18 Å². The average molecular weight is 557 g/mol. The molecule has 0 saturated carbocycles. The number of hydrogen-bond acceptors (Lipinski definition) is 6. The summed E-state index contributed by atoms with van der Waals surface area (Å²) >= 11 is 4.40. The second-order valence-corrected chi connectivity index (χ2v) is 9.24. The van der Waals surface area contributed by atoms with Gasteiger partial charge in [0.05, 0.1) is 18.6 Å². The van der Waals surface area contributed by atoms with Gasteiger partial charge in [0.2, 0.25) is 5.91 Å². The van der Waals surface area contributed by atoms with Crippen LogP contribution in [0.4, 0.5) is 10.1 Å². The molecular weight excluding hydrogens is 535 g/mol. The fourth-order valence-corrected chi connectivity index (χ4v) is 4.42. The van der Waals surface area contributed by atoms with Gasteiger partial charge in [0.15, 0.2) is 28.6 Å². The highest BCUT2D eigenvalue weighted by Crippen LogP contribution is 2.32. The number of amides is 1. The van der Waals surface area contributed by atoms with Crippen molar-refractivity contribution in [3.63, 3.8) is 0 Å². The molecule has 0 aliphatic rings. The first-order valence-corrected chi connectivity index (χ1v) is 12.4. The standard InChI is InChI=1S/C25H22BrFN4O3S/c1-16(34-22-11-7-6-10-21(22)33-2)24-29-30-25(31(24)18-8-4-3-5-9-18)35-15-23(32)28-20-13-12-17(26)14-19(20)27/h3-14,16H,15H2,1-2H3,(H,28,32). The molecule has 1 heterocycles. The van der Waals surface area contributed by atoms with Gasteiger partial charge in [0, 0.05) is 10.2 Å². The highest BCUT2D eigenvalue weighted by atomic mass is 79.9. The number of methoxy groups -OCH3 is 1. The summed E-state index contributed by atoms with van der Waals surface area (Å²) in [5.74, 6) is 0.881. The lowest BCUT2D eigenvalue weighted by molar-refractivity contribution is -0.113. The maximum absolute atomic E-state index is 14.1. The summed E-state index contributed by atoms with van der Waals surface area (Å²) < 4.78 is 28.1. The molecule has 0 radical (unpaired) electrons. The summed E-state index contributed by atoms with van der Waals surface area (Å²) in [7, 11) is 1.58. The number of carbonyl (C=O) groups is 1. The number of ether oxygens (including phenoxy) is 2. The predicted molar refractivity (Wildman–Crippen MR) is 137 cm³/mol. The monoisotopic (exact) mass is 556 g/mol. The fourth-order valence-electron chi connectivity index (χ4n) is 3.32. The Morgan fingerprint density at radius 1 is 1.09 bits per heavy atom. The summed E-state index contributed by atoms with van der Waals surface area (Å²) in [5.41, 5.74) is 0.938. The minimum atomic E-state index is -0.519. The molecule has 10 heteroatoms. The summed E-state index contributed by atoms with van der Waals surface area (Å²) in [6, 6.07) is 21.4. The van der Waals surface area contributed by atoms with Crippen LogP contribution in [-0.2, 0) is 4.79 Å². The quantitative estimate of drug-likeness (QED) is 0.253. The lowest BCUT2D eigenvalue weighted by Gasteiger charge is -2.18. The predicted octanol–water partition coefficient (Wildman–Crippen LogP) is 6.05. The fraction of sp³-hybridized carbons (Fsp3) is 0.160. The van der Waals surface area contributed by atoms with Crippen LogP contribution in [0.25, 0.3) is 5.69 Å². The van der Waals surface area contributed by atoms with Gasteiger partial charge in [-0.15, -0.1) is 10.2 Å². The van der Waals surface area contributed by atoms with Gasteiger partial charge < -0.3 is 14.8 Å². The first-order chi connectivity index (χ1) is 17.0. The van der Waals surface area contributed by atoms with Gasteiger partial charge in [-0.2, -0.15) is 0 Å². The number of nitrogens with one attached hydrogen (secondary N) is 1. The first-order valence-electron chi connectivity index (χ1n) is 10.6. The minimum absolute atomic E-state index is 0.0161. The van der Waals surface area contributed by atoms with E-state index in [1.54, 1.807) is 13.2 Å². The summed E-state index contributed by atoms with van der Waals surface area (Å²) in [6.45, 7) is 1.87. The molecule has 0 spiro atoms. The molecule has 0 aliphatic carbocycles. The van der Waals surface area contributed by atoms with Crippen LogP contribution < -0.4 is 14.8 Å². The van der Waals surface area contributed by atoms with Crippen LogP contribution in [0.15, 0.2) is 82.4 Å². The molecule has 4 rings (SSSR count). The first kappa shape index (κ1) is 24.7. The zero-order chi connectivity index (χ0) is 24.8. The van der Waals surface area contributed by atoms with Crippen LogP contribution >= 0.6 is 27.7 Å². The average Bonchev–Trinajstić information content (AvgIpc) is 3.29. The number of carbonyl (C=O) groups excluding carboxylic acids is 1. The third kappa shape index (κ3) is 6.01. The molecule has 0 saturated heterocycles. The SMILES string of the molecule is COc1ccccc1OC(C)c1nnc(SCC(=O)Nc2ccc(Br)cc2F)n1-c1ccccc1. The molecule has 4 aromatic rings. The molecule has 180 valence electrons. The van der Waals surface area contributed by atoms with E-state index in [-0.39, 0.29) is 17.3 Å². The minimum Gasteiger partial charge on any atom is -0.493 e. The smallest absolute Gasteiger partial charge is 0.234 e. The van der Waals surface area contributed by atoms with Gasteiger partial charge in [-0.05, 0) is 49.4 Å². The molecule has 3 aromatic carbocycles. The molecule has 0 bridgehead atoms. The summed E-state index contributed by atoms with van der Waals surface area (Å²) in [5, 5.41) is 11.8. The van der Waals surface area contributed by atoms with Gasteiger partial charge in [-0.1, -0.05) is 58.0 Å². The lowest BCUT2D eigenvalue weighted by Crippen LogP contribution is -2.16. The van der Waals surface area contributed by atoms with Crippen LogP contribution in [0, 0.1) is 5.82 Å². The Labute approximate surface area is 214 Å². The number of anilines is 1. The largest absolute Gasteiger partial charge is 0.493 e. The Kier molecular flexibility index (Phi) is 8.04. The molecular formula is C25H22BrFN4O3S. The Morgan fingerprint density at radius 3 is 2.51 bits per heavy atom. The number of hydrogen-bond donors (Lipinski definition) is 1. The highest BCUT2D eigenvalue weighted by molar-refractivity contribution is 9.10. The van der Waals surface area contributed by atoms with Crippen LogP contribution in [0.1, 0.15) is 18.9 Å². The Hall–Kier alpha value is -3.37. The van der Waals surface area contributed by atoms with Crippen molar-refractivity contribution in [2.75, 3.05) is 18.2 Å². The molecule has 1 unspecified atom stereocenters. The number of halogens is 2. The zero-order valence-electron chi connectivity index (χ0n) is 18.9. The van der Waals surface area contributed by atoms with Crippen molar-refractivity contribution in [3.8, 4) is 17.2 Å². The van der Waals surface area contributed by atoms with Crippen LogP contribution in [-0.4, -0.2) is 33.5 Å². The molecule has 1 aromatic heterocycles. The van der Waals surface area contributed by atoms with Crippen molar-refractivity contribution >= 4 is 39.3 Å². The van der Waals surface area contributed by atoms with Gasteiger partial charge in [0.1, 0.15) is 5.82 Å². The van der Waals surface area contributed by atoms with Crippen molar-refractivity contribution in [1.29, 1.82) is 0 Å². The van der Waals surface area contributed by atoms with Gasteiger partial charge in [-0.3, -0.25) is 9.36 Å². The topological polar surface area (TPSA) is 78.3 Å².